The lowest BCUT2D eigenvalue weighted by molar-refractivity contribution is 0.261. The van der Waals surface area contributed by atoms with Crippen molar-refractivity contribution < 1.29 is 4.43 Å². The molecule has 126 valence electrons. The lowest BCUT2D eigenvalue weighted by atomic mass is 10.5. The van der Waals surface area contributed by atoms with Crippen LogP contribution in [0.4, 0.5) is 0 Å². The van der Waals surface area contributed by atoms with Gasteiger partial charge in [0, 0.05) is 18.6 Å². The van der Waals surface area contributed by atoms with Crippen LogP contribution in [0, 0.1) is 0 Å². The average Bonchev–Trinajstić information content (AvgIpc) is 2.96. The van der Waals surface area contributed by atoms with Gasteiger partial charge in [0.15, 0.2) is 0 Å². The van der Waals surface area contributed by atoms with Gasteiger partial charge in [0.2, 0.25) is 14.3 Å². The normalized spacial score (nSPS) is 12.6. The highest BCUT2D eigenvalue weighted by atomic mass is 28.4. The van der Waals surface area contributed by atoms with E-state index in [0.717, 1.165) is 5.69 Å². The maximum atomic E-state index is 6.57. The van der Waals surface area contributed by atoms with Crippen molar-refractivity contribution in [1.29, 1.82) is 0 Å². The fourth-order valence-corrected chi connectivity index (χ4v) is 9.06. The third-order valence-corrected chi connectivity index (χ3v) is 10.6. The smallest absolute Gasteiger partial charge is 0.250 e. The van der Waals surface area contributed by atoms with Crippen molar-refractivity contribution >= 4 is 8.32 Å². The van der Waals surface area contributed by atoms with Gasteiger partial charge in [0.25, 0.3) is 0 Å². The molecule has 0 aromatic carbocycles. The Kier molecular flexibility index (Phi) is 5.70. The monoisotopic (exact) mass is 332 g/mol. The van der Waals surface area contributed by atoms with Gasteiger partial charge in [0.1, 0.15) is 0 Å². The maximum Gasteiger partial charge on any atom is 0.250 e. The van der Waals surface area contributed by atoms with Crippen LogP contribution in [0.1, 0.15) is 47.2 Å². The van der Waals surface area contributed by atoms with E-state index in [2.05, 4.69) is 56.6 Å². The quantitative estimate of drug-likeness (QED) is 0.707. The van der Waals surface area contributed by atoms with Gasteiger partial charge in [-0.1, -0.05) is 41.5 Å². The number of rotatable bonds is 7. The van der Waals surface area contributed by atoms with E-state index in [1.54, 1.807) is 23.1 Å². The minimum atomic E-state index is -1.86. The molecule has 0 atom stereocenters. The average molecular weight is 333 g/mol. The van der Waals surface area contributed by atoms with Gasteiger partial charge in [0.05, 0.1) is 12.3 Å². The fourth-order valence-electron chi connectivity index (χ4n) is 3.66. The SMILES string of the molecule is CC(C)[Si](OCc1ccn(-c2ncccn2)n1)(C(C)C)C(C)C. The van der Waals surface area contributed by atoms with Crippen LogP contribution in [0.5, 0.6) is 0 Å². The number of nitrogens with zero attached hydrogens (tertiary/aromatic N) is 4. The van der Waals surface area contributed by atoms with Gasteiger partial charge in [-0.15, -0.1) is 0 Å². The van der Waals surface area contributed by atoms with Gasteiger partial charge in [-0.05, 0) is 28.8 Å². The fraction of sp³-hybridized carbons (Fsp3) is 0.588. The highest BCUT2D eigenvalue weighted by Gasteiger charge is 2.45. The zero-order chi connectivity index (χ0) is 17.0. The van der Waals surface area contributed by atoms with Gasteiger partial charge >= 0.3 is 0 Å². The van der Waals surface area contributed by atoms with Crippen molar-refractivity contribution in [1.82, 2.24) is 19.7 Å². The van der Waals surface area contributed by atoms with Crippen LogP contribution in [-0.4, -0.2) is 28.1 Å². The molecule has 0 bridgehead atoms. The molecule has 0 N–H and O–H groups in total. The largest absolute Gasteiger partial charge is 0.410 e. The molecule has 0 saturated heterocycles. The molecule has 6 heteroatoms. The van der Waals surface area contributed by atoms with Crippen molar-refractivity contribution in [2.24, 2.45) is 0 Å². The molecular formula is C17H28N4OSi. The number of aromatic nitrogens is 4. The van der Waals surface area contributed by atoms with Gasteiger partial charge < -0.3 is 4.43 Å². The summed E-state index contributed by atoms with van der Waals surface area (Å²) in [7, 11) is -1.86. The van der Waals surface area contributed by atoms with Gasteiger partial charge in [-0.3, -0.25) is 0 Å². The lowest BCUT2D eigenvalue weighted by Crippen LogP contribution is -2.47. The second kappa shape index (κ2) is 7.36. The third-order valence-electron chi connectivity index (χ3n) is 4.58. The Bertz CT molecular complexity index is 588. The summed E-state index contributed by atoms with van der Waals surface area (Å²) in [5.74, 6) is 0.582. The Morgan fingerprint density at radius 1 is 1.00 bits per heavy atom. The van der Waals surface area contributed by atoms with Crippen molar-refractivity contribution in [3.05, 3.63) is 36.4 Å². The number of hydrogen-bond acceptors (Lipinski definition) is 4. The predicted molar refractivity (Wildman–Crippen MR) is 95.0 cm³/mol. The first kappa shape index (κ1) is 17.8. The first-order valence-electron chi connectivity index (χ1n) is 8.33. The molecule has 5 nitrogen and oxygen atoms in total. The predicted octanol–water partition coefficient (Wildman–Crippen LogP) is 4.35. The molecule has 2 aromatic rings. The molecule has 0 saturated carbocycles. The second-order valence-corrected chi connectivity index (χ2v) is 12.4. The van der Waals surface area contributed by atoms with Crippen LogP contribution in [-0.2, 0) is 11.0 Å². The van der Waals surface area contributed by atoms with Crippen LogP contribution in [0.3, 0.4) is 0 Å². The van der Waals surface area contributed by atoms with Gasteiger partial charge in [-0.2, -0.15) is 5.10 Å². The van der Waals surface area contributed by atoms with E-state index in [1.165, 1.54) is 0 Å². The Morgan fingerprint density at radius 3 is 2.09 bits per heavy atom. The molecule has 2 rings (SSSR count). The molecule has 0 aliphatic heterocycles. The maximum absolute atomic E-state index is 6.57. The lowest BCUT2D eigenvalue weighted by Gasteiger charge is -2.42. The second-order valence-electron chi connectivity index (χ2n) is 6.91. The van der Waals surface area contributed by atoms with E-state index in [1.807, 2.05) is 12.3 Å². The summed E-state index contributed by atoms with van der Waals surface area (Å²) in [6, 6.07) is 3.78. The molecule has 0 radical (unpaired) electrons. The number of hydrogen-bond donors (Lipinski definition) is 0. The first-order valence-corrected chi connectivity index (χ1v) is 10.5. The molecule has 2 aromatic heterocycles. The summed E-state index contributed by atoms with van der Waals surface area (Å²) in [6.45, 7) is 14.3. The zero-order valence-corrected chi connectivity index (χ0v) is 16.0. The van der Waals surface area contributed by atoms with Crippen LogP contribution < -0.4 is 0 Å². The molecule has 23 heavy (non-hydrogen) atoms. The van der Waals surface area contributed by atoms with Crippen molar-refractivity contribution in [2.75, 3.05) is 0 Å². The Labute approximate surface area is 140 Å². The molecule has 0 aliphatic rings. The molecule has 0 fully saturated rings. The minimum Gasteiger partial charge on any atom is -0.410 e. The molecule has 0 spiro atoms. The Morgan fingerprint density at radius 2 is 1.57 bits per heavy atom. The van der Waals surface area contributed by atoms with Crippen LogP contribution >= 0.6 is 0 Å². The molecule has 0 unspecified atom stereocenters. The molecular weight excluding hydrogens is 304 g/mol. The summed E-state index contributed by atoms with van der Waals surface area (Å²) in [4.78, 5) is 8.43. The summed E-state index contributed by atoms with van der Waals surface area (Å²) in [5.41, 5.74) is 2.64. The molecule has 0 aliphatic carbocycles. The van der Waals surface area contributed by atoms with Crippen molar-refractivity contribution in [3.63, 3.8) is 0 Å². The van der Waals surface area contributed by atoms with Crippen LogP contribution in [0.15, 0.2) is 30.7 Å². The molecule has 2 heterocycles. The van der Waals surface area contributed by atoms with E-state index >= 15 is 0 Å². The minimum absolute atomic E-state index is 0.556. The topological polar surface area (TPSA) is 52.8 Å². The first-order chi connectivity index (χ1) is 10.9. The molecule has 0 amide bonds. The van der Waals surface area contributed by atoms with Crippen LogP contribution in [0.2, 0.25) is 16.6 Å². The third kappa shape index (κ3) is 3.69. The Balaban J connectivity index is 2.15. The zero-order valence-electron chi connectivity index (χ0n) is 15.0. The highest BCUT2D eigenvalue weighted by molar-refractivity contribution is 6.77. The van der Waals surface area contributed by atoms with E-state index in [4.69, 9.17) is 4.43 Å². The van der Waals surface area contributed by atoms with Crippen LogP contribution in [0.25, 0.3) is 5.95 Å². The van der Waals surface area contributed by atoms with Gasteiger partial charge in [-0.25, -0.2) is 14.6 Å². The highest BCUT2D eigenvalue weighted by Crippen LogP contribution is 2.42. The van der Waals surface area contributed by atoms with Crippen molar-refractivity contribution in [2.45, 2.75) is 64.8 Å². The van der Waals surface area contributed by atoms with E-state index < -0.39 is 8.32 Å². The summed E-state index contributed by atoms with van der Waals surface area (Å²) in [6.07, 6.45) is 5.32. The summed E-state index contributed by atoms with van der Waals surface area (Å²) < 4.78 is 8.27. The summed E-state index contributed by atoms with van der Waals surface area (Å²) >= 11 is 0. The summed E-state index contributed by atoms with van der Waals surface area (Å²) in [5, 5.41) is 4.55. The Hall–Kier alpha value is -1.53. The van der Waals surface area contributed by atoms with Crippen molar-refractivity contribution in [3.8, 4) is 5.95 Å². The standard InChI is InChI=1S/C17H28N4OSi/c1-13(2)23(14(3)4,15(5)6)22-12-16-8-11-21(20-16)17-18-9-7-10-19-17/h7-11,13-15H,12H2,1-6H3. The van der Waals surface area contributed by atoms with E-state index in [0.29, 0.717) is 29.2 Å². The van der Waals surface area contributed by atoms with E-state index in [9.17, 15) is 0 Å². The van der Waals surface area contributed by atoms with E-state index in [-0.39, 0.29) is 0 Å².